The highest BCUT2D eigenvalue weighted by molar-refractivity contribution is 5.93. The molecule has 3 fully saturated rings. The normalized spacial score (nSPS) is 24.7. The molecule has 0 unspecified atom stereocenters. The topological polar surface area (TPSA) is 69.1 Å². The number of piperazine rings is 1. The Morgan fingerprint density at radius 2 is 1.97 bits per heavy atom. The molecule has 0 aliphatic carbocycles. The molecule has 1 aromatic heterocycles. The highest BCUT2D eigenvalue weighted by Crippen LogP contribution is 2.39. The van der Waals surface area contributed by atoms with E-state index in [1.54, 1.807) is 0 Å². The highest BCUT2D eigenvalue weighted by atomic mass is 16.5. The van der Waals surface area contributed by atoms with Crippen LogP contribution in [0.1, 0.15) is 71.9 Å². The van der Waals surface area contributed by atoms with Gasteiger partial charge in [-0.1, -0.05) is 19.1 Å². The molecule has 2 aromatic rings. The van der Waals surface area contributed by atoms with Crippen LogP contribution in [0, 0.1) is 13.8 Å². The molecule has 3 aliphatic heterocycles. The molecule has 4 atom stereocenters. The van der Waals surface area contributed by atoms with E-state index in [4.69, 9.17) is 4.74 Å². The molecule has 5 rings (SSSR count). The average molecular weight is 507 g/mol. The minimum Gasteiger partial charge on any atom is -0.493 e. The first-order valence-corrected chi connectivity index (χ1v) is 14.0. The first-order chi connectivity index (χ1) is 17.9. The van der Waals surface area contributed by atoms with Crippen molar-refractivity contribution in [1.82, 2.24) is 19.7 Å². The molecule has 0 spiro atoms. The zero-order valence-corrected chi connectivity index (χ0v) is 22.8. The zero-order valence-electron chi connectivity index (χ0n) is 22.8. The largest absolute Gasteiger partial charge is 0.493 e. The molecule has 7 nitrogen and oxygen atoms in total. The molecule has 1 N–H and O–H groups in total. The van der Waals surface area contributed by atoms with E-state index in [1.165, 1.54) is 16.7 Å². The van der Waals surface area contributed by atoms with Crippen molar-refractivity contribution in [3.05, 3.63) is 58.4 Å². The van der Waals surface area contributed by atoms with Crippen LogP contribution in [0.3, 0.4) is 0 Å². The minimum absolute atomic E-state index is 0.0666. The Morgan fingerprint density at radius 3 is 2.62 bits per heavy atom. The van der Waals surface area contributed by atoms with Gasteiger partial charge in [-0.3, -0.25) is 14.7 Å². The molecule has 3 saturated heterocycles. The highest BCUT2D eigenvalue weighted by Gasteiger charge is 2.47. The number of hydrogen-bond acceptors (Lipinski definition) is 6. The van der Waals surface area contributed by atoms with E-state index in [0.29, 0.717) is 24.4 Å². The van der Waals surface area contributed by atoms with Crippen molar-refractivity contribution < 1.29 is 14.6 Å². The van der Waals surface area contributed by atoms with Crippen molar-refractivity contribution in [3.63, 3.8) is 0 Å². The smallest absolute Gasteiger partial charge is 0.272 e. The lowest BCUT2D eigenvalue weighted by atomic mass is 9.96. The van der Waals surface area contributed by atoms with E-state index in [9.17, 15) is 9.90 Å². The summed E-state index contributed by atoms with van der Waals surface area (Å²) in [6, 6.07) is 9.19. The number of ether oxygens (including phenoxy) is 1. The van der Waals surface area contributed by atoms with Gasteiger partial charge < -0.3 is 19.6 Å². The van der Waals surface area contributed by atoms with Gasteiger partial charge in [0.15, 0.2) is 0 Å². The number of aryl methyl sites for hydroxylation is 1. The second kappa shape index (κ2) is 11.1. The van der Waals surface area contributed by atoms with Gasteiger partial charge in [-0.15, -0.1) is 0 Å². The first kappa shape index (κ1) is 26.1. The molecule has 37 heavy (non-hydrogen) atoms. The number of aromatic nitrogens is 1. The van der Waals surface area contributed by atoms with E-state index in [1.807, 2.05) is 23.2 Å². The second-order valence-electron chi connectivity index (χ2n) is 11.1. The van der Waals surface area contributed by atoms with E-state index in [2.05, 4.69) is 54.6 Å². The standard InChI is InChI=1S/C30H42N4O3/c1-5-23-7-9-28(31-16-23)30(36)34-18-24-15-25(34)17-33(24)22(4)27-8-10-29(21(3)20(27)2)37-14-6-12-32-13-11-26(35)19-32/h7-10,16,22,24-26,35H,5-6,11-15,17-19H2,1-4H3/t22-,24-,25-,26+/m0/s1. The number of pyridine rings is 1. The van der Waals surface area contributed by atoms with E-state index >= 15 is 0 Å². The number of carbonyl (C=O) groups excluding carboxylic acids is 1. The van der Waals surface area contributed by atoms with Gasteiger partial charge in [0, 0.05) is 57.0 Å². The number of likely N-dealkylation sites (tertiary alicyclic amines) is 3. The Kier molecular flexibility index (Phi) is 7.84. The fourth-order valence-corrected chi connectivity index (χ4v) is 6.42. The molecular formula is C30H42N4O3. The third-order valence-corrected chi connectivity index (χ3v) is 8.85. The molecule has 0 saturated carbocycles. The minimum atomic E-state index is -0.162. The molecule has 7 heteroatoms. The van der Waals surface area contributed by atoms with Gasteiger partial charge in [-0.2, -0.15) is 0 Å². The van der Waals surface area contributed by atoms with Crippen LogP contribution in [-0.4, -0.2) is 88.2 Å². The maximum Gasteiger partial charge on any atom is 0.272 e. The number of fused-ring (bicyclic) bond motifs is 2. The molecule has 4 heterocycles. The lowest BCUT2D eigenvalue weighted by molar-refractivity contribution is 0.0563. The lowest BCUT2D eigenvalue weighted by Crippen LogP contribution is -2.49. The van der Waals surface area contributed by atoms with E-state index < -0.39 is 0 Å². The van der Waals surface area contributed by atoms with Crippen molar-refractivity contribution >= 4 is 5.91 Å². The molecule has 0 radical (unpaired) electrons. The monoisotopic (exact) mass is 506 g/mol. The van der Waals surface area contributed by atoms with Crippen LogP contribution in [0.15, 0.2) is 30.5 Å². The summed E-state index contributed by atoms with van der Waals surface area (Å²) in [5.74, 6) is 1.04. The second-order valence-corrected chi connectivity index (χ2v) is 11.1. The molecule has 1 amide bonds. The van der Waals surface area contributed by atoms with Crippen LogP contribution in [0.4, 0.5) is 0 Å². The Hall–Kier alpha value is -2.48. The average Bonchev–Trinajstić information content (AvgIpc) is 3.64. The molecular weight excluding hydrogens is 464 g/mol. The molecule has 1 aromatic carbocycles. The van der Waals surface area contributed by atoms with E-state index in [-0.39, 0.29) is 18.1 Å². The summed E-state index contributed by atoms with van der Waals surface area (Å²) < 4.78 is 6.16. The number of β-amino-alcohol motifs (C(OH)–C–C–N with tert-alkyl or cyclic N) is 1. The van der Waals surface area contributed by atoms with E-state index in [0.717, 1.165) is 69.7 Å². The SMILES string of the molecule is CCc1ccc(C(=O)N2C[C@@H]3C[C@H]2CN3[C@@H](C)c2ccc(OCCCN3CC[C@@H](O)C3)c(C)c2C)nc1. The quantitative estimate of drug-likeness (QED) is 0.523. The van der Waals surface area contributed by atoms with Crippen molar-refractivity contribution in [2.45, 2.75) is 77.6 Å². The van der Waals surface area contributed by atoms with Crippen LogP contribution in [0.5, 0.6) is 5.75 Å². The van der Waals surface area contributed by atoms with Gasteiger partial charge in [-0.05, 0) is 80.8 Å². The van der Waals surface area contributed by atoms with Gasteiger partial charge in [0.1, 0.15) is 11.4 Å². The Bertz CT molecular complexity index is 1100. The Balaban J connectivity index is 1.16. The number of aliphatic hydroxyl groups is 1. The van der Waals surface area contributed by atoms with Crippen molar-refractivity contribution in [2.24, 2.45) is 0 Å². The number of carbonyl (C=O) groups is 1. The van der Waals surface area contributed by atoms with Gasteiger partial charge in [0.2, 0.25) is 0 Å². The maximum atomic E-state index is 13.1. The Labute approximate surface area is 221 Å². The van der Waals surface area contributed by atoms with Crippen molar-refractivity contribution in [1.29, 1.82) is 0 Å². The zero-order chi connectivity index (χ0) is 26.1. The third-order valence-electron chi connectivity index (χ3n) is 8.85. The molecule has 2 bridgehead atoms. The lowest BCUT2D eigenvalue weighted by Gasteiger charge is -2.38. The summed E-state index contributed by atoms with van der Waals surface area (Å²) in [6.07, 6.45) is 5.48. The number of nitrogens with zero attached hydrogens (tertiary/aromatic N) is 4. The summed E-state index contributed by atoms with van der Waals surface area (Å²) in [5.41, 5.74) is 5.57. The van der Waals surface area contributed by atoms with Gasteiger partial charge in [0.25, 0.3) is 5.91 Å². The summed E-state index contributed by atoms with van der Waals surface area (Å²) in [4.78, 5) is 24.5. The molecule has 3 aliphatic rings. The third kappa shape index (κ3) is 5.40. The number of aliphatic hydroxyl groups excluding tert-OH is 1. The predicted molar refractivity (Wildman–Crippen MR) is 145 cm³/mol. The number of rotatable bonds is 9. The summed E-state index contributed by atoms with van der Waals surface area (Å²) >= 11 is 0. The maximum absolute atomic E-state index is 13.1. The van der Waals surface area contributed by atoms with Gasteiger partial charge in [-0.25, -0.2) is 0 Å². The Morgan fingerprint density at radius 1 is 1.14 bits per heavy atom. The number of benzene rings is 1. The van der Waals surface area contributed by atoms with Crippen molar-refractivity contribution in [2.75, 3.05) is 39.3 Å². The summed E-state index contributed by atoms with van der Waals surface area (Å²) in [7, 11) is 0. The first-order valence-electron chi connectivity index (χ1n) is 14.0. The van der Waals surface area contributed by atoms with Crippen molar-refractivity contribution in [3.8, 4) is 5.75 Å². The fraction of sp³-hybridized carbons (Fsp3) is 0.600. The molecule has 200 valence electrons. The van der Waals surface area contributed by atoms with Crippen LogP contribution in [0.2, 0.25) is 0 Å². The van der Waals surface area contributed by atoms with Crippen LogP contribution < -0.4 is 4.74 Å². The number of amides is 1. The van der Waals surface area contributed by atoms with Crippen LogP contribution in [-0.2, 0) is 6.42 Å². The van der Waals surface area contributed by atoms with Crippen LogP contribution in [0.25, 0.3) is 0 Å². The van der Waals surface area contributed by atoms with Gasteiger partial charge >= 0.3 is 0 Å². The summed E-state index contributed by atoms with van der Waals surface area (Å²) in [6.45, 7) is 13.9. The predicted octanol–water partition coefficient (Wildman–Crippen LogP) is 3.76. The van der Waals surface area contributed by atoms with Crippen LogP contribution >= 0.6 is 0 Å². The summed E-state index contributed by atoms with van der Waals surface area (Å²) in [5, 5.41) is 9.69. The number of hydrogen-bond donors (Lipinski definition) is 1. The van der Waals surface area contributed by atoms with Gasteiger partial charge in [0.05, 0.1) is 12.7 Å². The fourth-order valence-electron chi connectivity index (χ4n) is 6.42.